The molecule has 35 heavy (non-hydrogen) atoms. The molecular weight excluding hydrogens is 436 g/mol. The number of carbonyl (C=O) groups is 2. The molecule has 1 aromatic heterocycles. The molecule has 6 nitrogen and oxygen atoms in total. The Labute approximate surface area is 210 Å². The van der Waals surface area contributed by atoms with Crippen LogP contribution in [0.3, 0.4) is 0 Å². The average molecular weight is 477 g/mol. The van der Waals surface area contributed by atoms with Crippen LogP contribution in [0.1, 0.15) is 69.4 Å². The van der Waals surface area contributed by atoms with Crippen molar-refractivity contribution in [1.82, 2.24) is 14.8 Å². The average Bonchev–Trinajstić information content (AvgIpc) is 3.38. The summed E-state index contributed by atoms with van der Waals surface area (Å²) >= 11 is 0. The highest BCUT2D eigenvalue weighted by Crippen LogP contribution is 2.29. The van der Waals surface area contributed by atoms with E-state index in [0.29, 0.717) is 25.4 Å². The lowest BCUT2D eigenvalue weighted by atomic mass is 10.0. The van der Waals surface area contributed by atoms with Crippen LogP contribution in [0.15, 0.2) is 48.8 Å². The quantitative estimate of drug-likeness (QED) is 0.607. The Kier molecular flexibility index (Phi) is 9.29. The monoisotopic (exact) mass is 476 g/mol. The minimum Gasteiger partial charge on any atom is -0.338 e. The van der Waals surface area contributed by atoms with Crippen LogP contribution < -0.4 is 4.90 Å². The van der Waals surface area contributed by atoms with Gasteiger partial charge in [0.1, 0.15) is 0 Å². The van der Waals surface area contributed by atoms with Crippen LogP contribution in [-0.4, -0.2) is 52.8 Å². The highest BCUT2D eigenvalue weighted by molar-refractivity contribution is 5.92. The molecule has 1 aliphatic carbocycles. The number of hydrogen-bond acceptors (Lipinski definition) is 4. The highest BCUT2D eigenvalue weighted by atomic mass is 16.2. The second kappa shape index (κ2) is 12.8. The van der Waals surface area contributed by atoms with Crippen molar-refractivity contribution in [1.29, 1.82) is 0 Å². The molecule has 1 aliphatic heterocycles. The Balaban J connectivity index is 1.52. The summed E-state index contributed by atoms with van der Waals surface area (Å²) < 4.78 is 0. The minimum atomic E-state index is 0.0485. The Bertz CT molecular complexity index is 958. The standard InChI is InChI=1S/C29H40N4O2/c1-24(34)33-20-8-18-31(22-26-11-6-16-30-21-26)17-7-19-32(23-27-12-4-5-13-28(27)33)29(35)15-14-25-9-2-3-10-25/h4-6,11-13,16,21,25H,2-3,7-10,14-15,17-20,22-23H2,1H3. The predicted molar refractivity (Wildman–Crippen MR) is 140 cm³/mol. The van der Waals surface area contributed by atoms with Gasteiger partial charge in [0.25, 0.3) is 0 Å². The highest BCUT2D eigenvalue weighted by Gasteiger charge is 2.23. The molecule has 1 aromatic carbocycles. The van der Waals surface area contributed by atoms with Crippen LogP contribution >= 0.6 is 0 Å². The second-order valence-electron chi connectivity index (χ2n) is 10.1. The van der Waals surface area contributed by atoms with Gasteiger partial charge in [0.05, 0.1) is 0 Å². The Morgan fingerprint density at radius 2 is 1.71 bits per heavy atom. The SMILES string of the molecule is CC(=O)N1CCCN(Cc2cccnc2)CCCN(C(=O)CCC2CCCC2)Cc2ccccc21. The van der Waals surface area contributed by atoms with Crippen molar-refractivity contribution in [3.8, 4) is 0 Å². The third-order valence-electron chi connectivity index (χ3n) is 7.51. The summed E-state index contributed by atoms with van der Waals surface area (Å²) in [5.74, 6) is 1.01. The summed E-state index contributed by atoms with van der Waals surface area (Å²) in [7, 11) is 0. The van der Waals surface area contributed by atoms with Gasteiger partial charge >= 0.3 is 0 Å². The number of carbonyl (C=O) groups excluding carboxylic acids is 2. The molecule has 0 radical (unpaired) electrons. The fourth-order valence-corrected chi connectivity index (χ4v) is 5.60. The smallest absolute Gasteiger partial charge is 0.223 e. The summed E-state index contributed by atoms with van der Waals surface area (Å²) in [5.41, 5.74) is 3.19. The van der Waals surface area contributed by atoms with E-state index in [1.165, 1.54) is 31.2 Å². The van der Waals surface area contributed by atoms with E-state index in [4.69, 9.17) is 0 Å². The second-order valence-corrected chi connectivity index (χ2v) is 10.1. The Morgan fingerprint density at radius 1 is 0.943 bits per heavy atom. The summed E-state index contributed by atoms with van der Waals surface area (Å²) in [6.07, 6.45) is 12.4. The molecule has 0 atom stereocenters. The third-order valence-corrected chi connectivity index (χ3v) is 7.51. The maximum absolute atomic E-state index is 13.4. The van der Waals surface area contributed by atoms with Gasteiger partial charge in [0, 0.05) is 70.7 Å². The molecule has 2 heterocycles. The van der Waals surface area contributed by atoms with E-state index in [0.717, 1.165) is 56.7 Å². The molecule has 6 heteroatoms. The molecule has 0 N–H and O–H groups in total. The molecule has 2 amide bonds. The summed E-state index contributed by atoms with van der Waals surface area (Å²) in [4.78, 5) is 36.7. The van der Waals surface area contributed by atoms with Crippen LogP contribution in [0.2, 0.25) is 0 Å². The minimum absolute atomic E-state index is 0.0485. The fraction of sp³-hybridized carbons (Fsp3) is 0.552. The van der Waals surface area contributed by atoms with Crippen molar-refractivity contribution < 1.29 is 9.59 Å². The zero-order valence-corrected chi connectivity index (χ0v) is 21.2. The molecule has 0 spiro atoms. The number of pyridine rings is 1. The van der Waals surface area contributed by atoms with Crippen molar-refractivity contribution in [3.63, 3.8) is 0 Å². The molecule has 0 bridgehead atoms. The van der Waals surface area contributed by atoms with Crippen LogP contribution in [0, 0.1) is 5.92 Å². The van der Waals surface area contributed by atoms with Gasteiger partial charge in [0.15, 0.2) is 0 Å². The van der Waals surface area contributed by atoms with Gasteiger partial charge in [-0.2, -0.15) is 0 Å². The maximum atomic E-state index is 13.4. The summed E-state index contributed by atoms with van der Waals surface area (Å²) in [6, 6.07) is 12.2. The van der Waals surface area contributed by atoms with E-state index in [1.807, 2.05) is 40.3 Å². The van der Waals surface area contributed by atoms with Crippen LogP contribution in [-0.2, 0) is 22.7 Å². The number of amides is 2. The first kappa shape index (κ1) is 25.4. The van der Waals surface area contributed by atoms with Crippen LogP contribution in [0.4, 0.5) is 5.69 Å². The number of rotatable bonds is 5. The Morgan fingerprint density at radius 3 is 2.46 bits per heavy atom. The summed E-state index contributed by atoms with van der Waals surface area (Å²) in [5, 5.41) is 0. The largest absolute Gasteiger partial charge is 0.338 e. The first-order valence-corrected chi connectivity index (χ1v) is 13.3. The zero-order chi connectivity index (χ0) is 24.5. The van der Waals surface area contributed by atoms with Gasteiger partial charge in [-0.05, 0) is 48.4 Å². The van der Waals surface area contributed by atoms with Gasteiger partial charge in [-0.15, -0.1) is 0 Å². The molecule has 4 rings (SSSR count). The molecule has 188 valence electrons. The van der Waals surface area contributed by atoms with Crippen molar-refractivity contribution in [2.75, 3.05) is 31.1 Å². The summed E-state index contributed by atoms with van der Waals surface area (Å²) in [6.45, 7) is 6.26. The lowest BCUT2D eigenvalue weighted by Gasteiger charge is -2.31. The fourth-order valence-electron chi connectivity index (χ4n) is 5.60. The van der Waals surface area contributed by atoms with Gasteiger partial charge in [-0.25, -0.2) is 0 Å². The van der Waals surface area contributed by atoms with E-state index in [9.17, 15) is 9.59 Å². The van der Waals surface area contributed by atoms with Gasteiger partial charge in [0.2, 0.25) is 11.8 Å². The normalized spacial score (nSPS) is 18.5. The first-order valence-electron chi connectivity index (χ1n) is 13.3. The zero-order valence-electron chi connectivity index (χ0n) is 21.2. The lowest BCUT2D eigenvalue weighted by Crippen LogP contribution is -2.38. The van der Waals surface area contributed by atoms with E-state index in [2.05, 4.69) is 22.0 Å². The molecule has 0 unspecified atom stereocenters. The predicted octanol–water partition coefficient (Wildman–Crippen LogP) is 5.03. The van der Waals surface area contributed by atoms with Crippen molar-refractivity contribution in [2.45, 2.75) is 71.4 Å². The molecule has 1 fully saturated rings. The van der Waals surface area contributed by atoms with Gasteiger partial charge in [-0.1, -0.05) is 49.9 Å². The Hall–Kier alpha value is -2.73. The van der Waals surface area contributed by atoms with E-state index in [-0.39, 0.29) is 11.8 Å². The van der Waals surface area contributed by atoms with E-state index < -0.39 is 0 Å². The molecule has 2 aliphatic rings. The number of para-hydroxylation sites is 1. The topological polar surface area (TPSA) is 56.8 Å². The van der Waals surface area contributed by atoms with Crippen LogP contribution in [0.25, 0.3) is 0 Å². The number of benzene rings is 1. The molecular formula is C29H40N4O2. The van der Waals surface area contributed by atoms with Crippen LogP contribution in [0.5, 0.6) is 0 Å². The van der Waals surface area contributed by atoms with Crippen molar-refractivity contribution >= 4 is 17.5 Å². The van der Waals surface area contributed by atoms with Gasteiger partial charge < -0.3 is 9.80 Å². The lowest BCUT2D eigenvalue weighted by molar-refractivity contribution is -0.132. The number of aromatic nitrogens is 1. The van der Waals surface area contributed by atoms with E-state index >= 15 is 0 Å². The molecule has 0 saturated heterocycles. The number of anilines is 1. The number of hydrogen-bond donors (Lipinski definition) is 0. The number of fused-ring (bicyclic) bond motifs is 1. The number of nitrogens with zero attached hydrogens (tertiary/aromatic N) is 4. The van der Waals surface area contributed by atoms with E-state index in [1.54, 1.807) is 13.1 Å². The van der Waals surface area contributed by atoms with Gasteiger partial charge in [-0.3, -0.25) is 19.5 Å². The maximum Gasteiger partial charge on any atom is 0.223 e. The molecule has 2 aromatic rings. The van der Waals surface area contributed by atoms with Crippen molar-refractivity contribution in [2.24, 2.45) is 5.92 Å². The molecule has 1 saturated carbocycles. The first-order chi connectivity index (χ1) is 17.1. The third kappa shape index (κ3) is 7.38. The van der Waals surface area contributed by atoms with Crippen molar-refractivity contribution in [3.05, 3.63) is 59.9 Å².